The number of amides is 1. The monoisotopic (exact) mass is 488 g/mol. The maximum absolute atomic E-state index is 13.2. The molecule has 1 amide bonds. The van der Waals surface area contributed by atoms with E-state index >= 15 is 0 Å². The van der Waals surface area contributed by atoms with E-state index in [4.69, 9.17) is 0 Å². The van der Waals surface area contributed by atoms with Crippen LogP contribution >= 0.6 is 0 Å². The number of fused-ring (bicyclic) bond motifs is 2. The molecule has 0 bridgehead atoms. The number of sulfonamides is 1. The van der Waals surface area contributed by atoms with Crippen LogP contribution in [0, 0.1) is 5.92 Å². The van der Waals surface area contributed by atoms with Gasteiger partial charge in [-0.15, -0.1) is 0 Å². The third kappa shape index (κ3) is 4.72. The lowest BCUT2D eigenvalue weighted by molar-refractivity contribution is -0.120. The molecule has 0 saturated carbocycles. The van der Waals surface area contributed by atoms with Gasteiger partial charge in [-0.2, -0.15) is 4.31 Å². The largest absolute Gasteiger partial charge is 0.363 e. The van der Waals surface area contributed by atoms with Crippen molar-refractivity contribution in [2.45, 2.75) is 17.7 Å². The van der Waals surface area contributed by atoms with E-state index in [-0.39, 0.29) is 11.8 Å². The van der Waals surface area contributed by atoms with Crippen LogP contribution in [0.15, 0.2) is 77.7 Å². The van der Waals surface area contributed by atoms with Crippen LogP contribution in [0.3, 0.4) is 0 Å². The lowest BCUT2D eigenvalue weighted by Crippen LogP contribution is -2.41. The number of aromatic nitrogens is 1. The van der Waals surface area contributed by atoms with Gasteiger partial charge in [0.2, 0.25) is 15.9 Å². The first kappa shape index (κ1) is 23.3. The average Bonchev–Trinajstić information content (AvgIpc) is 2.88. The lowest BCUT2D eigenvalue weighted by atomic mass is 9.97. The summed E-state index contributed by atoms with van der Waals surface area (Å²) < 4.78 is 27.9. The second kappa shape index (κ2) is 9.28. The van der Waals surface area contributed by atoms with Crippen LogP contribution in [-0.2, 0) is 14.8 Å². The zero-order valence-electron chi connectivity index (χ0n) is 19.8. The van der Waals surface area contributed by atoms with Crippen molar-refractivity contribution in [2.24, 2.45) is 5.92 Å². The third-order valence-corrected chi connectivity index (χ3v) is 8.48. The fraction of sp³-hybridized carbons (Fsp3) is 0.259. The molecule has 0 radical (unpaired) electrons. The molecule has 1 N–H and O–H groups in total. The lowest BCUT2D eigenvalue weighted by Gasteiger charge is -2.30. The molecule has 5 rings (SSSR count). The molecule has 8 heteroatoms. The fourth-order valence-corrected chi connectivity index (χ4v) is 6.03. The van der Waals surface area contributed by atoms with E-state index in [0.717, 1.165) is 27.5 Å². The van der Waals surface area contributed by atoms with Gasteiger partial charge in [0.1, 0.15) is 5.82 Å². The summed E-state index contributed by atoms with van der Waals surface area (Å²) in [5.41, 5.74) is 1.58. The van der Waals surface area contributed by atoms with E-state index in [9.17, 15) is 13.2 Å². The highest BCUT2D eigenvalue weighted by Gasteiger charge is 2.32. The molecule has 7 nitrogen and oxygen atoms in total. The SMILES string of the molecule is CN(C)c1ccc2cc(NC(=O)C3CCN(S(=O)(=O)c4ccc5ccccc5c4)CC3)ccc2n1. The number of hydrogen-bond donors (Lipinski definition) is 1. The van der Waals surface area contributed by atoms with Crippen molar-refractivity contribution >= 4 is 49.1 Å². The molecule has 1 aliphatic rings. The first-order valence-electron chi connectivity index (χ1n) is 11.7. The number of hydrogen-bond acceptors (Lipinski definition) is 5. The molecule has 3 aromatic carbocycles. The van der Waals surface area contributed by atoms with Crippen molar-refractivity contribution in [1.82, 2.24) is 9.29 Å². The standard InChI is InChI=1S/C27H28N4O3S/c1-30(2)26-12-8-22-17-23(9-11-25(22)29-26)28-27(32)20-13-15-31(16-14-20)35(33,34)24-10-7-19-5-3-4-6-21(19)18-24/h3-12,17-18,20H,13-16H2,1-2H3,(H,28,32). The number of nitrogens with zero attached hydrogens (tertiary/aromatic N) is 3. The maximum atomic E-state index is 13.2. The average molecular weight is 489 g/mol. The number of rotatable bonds is 5. The van der Waals surface area contributed by atoms with E-state index < -0.39 is 10.0 Å². The first-order chi connectivity index (χ1) is 16.8. The Hall–Kier alpha value is -3.49. The van der Waals surface area contributed by atoms with Crippen LogP contribution in [0.1, 0.15) is 12.8 Å². The van der Waals surface area contributed by atoms with E-state index in [1.807, 2.05) is 79.7 Å². The zero-order valence-corrected chi connectivity index (χ0v) is 20.6. The van der Waals surface area contributed by atoms with E-state index in [1.165, 1.54) is 4.31 Å². The van der Waals surface area contributed by atoms with Crippen molar-refractivity contribution in [3.63, 3.8) is 0 Å². The minimum Gasteiger partial charge on any atom is -0.363 e. The smallest absolute Gasteiger partial charge is 0.243 e. The Kier molecular flexibility index (Phi) is 6.17. The van der Waals surface area contributed by atoms with Gasteiger partial charge in [0, 0.05) is 44.2 Å². The summed E-state index contributed by atoms with van der Waals surface area (Å²) in [5, 5.41) is 5.85. The molecule has 0 unspecified atom stereocenters. The molecule has 1 saturated heterocycles. The van der Waals surface area contributed by atoms with Crippen molar-refractivity contribution in [1.29, 1.82) is 0 Å². The Labute approximate surface area is 205 Å². The summed E-state index contributed by atoms with van der Waals surface area (Å²) in [6.45, 7) is 0.643. The number of nitrogens with one attached hydrogen (secondary N) is 1. The number of piperidine rings is 1. The van der Waals surface area contributed by atoms with Gasteiger partial charge in [-0.3, -0.25) is 4.79 Å². The van der Waals surface area contributed by atoms with Gasteiger partial charge in [-0.1, -0.05) is 30.3 Å². The van der Waals surface area contributed by atoms with Crippen LogP contribution in [-0.4, -0.2) is 50.8 Å². The third-order valence-electron chi connectivity index (χ3n) is 6.58. The number of pyridine rings is 1. The molecule has 0 spiro atoms. The van der Waals surface area contributed by atoms with Crippen molar-refractivity contribution < 1.29 is 13.2 Å². The zero-order chi connectivity index (χ0) is 24.6. The summed E-state index contributed by atoms with van der Waals surface area (Å²) in [6, 6.07) is 22.5. The molecule has 2 heterocycles. The van der Waals surface area contributed by atoms with Gasteiger partial charge in [-0.25, -0.2) is 13.4 Å². The predicted octanol–water partition coefficient (Wildman–Crippen LogP) is 4.49. The molecule has 4 aromatic rings. The van der Waals surface area contributed by atoms with Crippen LogP contribution in [0.25, 0.3) is 21.7 Å². The van der Waals surface area contributed by atoms with Crippen molar-refractivity contribution in [2.75, 3.05) is 37.4 Å². The molecule has 1 aliphatic heterocycles. The Morgan fingerprint density at radius 2 is 1.63 bits per heavy atom. The molecule has 0 aliphatic carbocycles. The fourth-order valence-electron chi connectivity index (χ4n) is 4.52. The highest BCUT2D eigenvalue weighted by molar-refractivity contribution is 7.89. The summed E-state index contributed by atoms with van der Waals surface area (Å²) in [7, 11) is 0.287. The molecular weight excluding hydrogens is 460 g/mol. The van der Waals surface area contributed by atoms with Crippen LogP contribution in [0.2, 0.25) is 0 Å². The van der Waals surface area contributed by atoms with Crippen LogP contribution < -0.4 is 10.2 Å². The highest BCUT2D eigenvalue weighted by atomic mass is 32.2. The molecule has 180 valence electrons. The Morgan fingerprint density at radius 3 is 2.37 bits per heavy atom. The second-order valence-corrected chi connectivity index (χ2v) is 11.1. The minimum absolute atomic E-state index is 0.0787. The summed E-state index contributed by atoms with van der Waals surface area (Å²) in [5.74, 6) is 0.563. The Balaban J connectivity index is 1.24. The predicted molar refractivity (Wildman–Crippen MR) is 140 cm³/mol. The molecule has 0 atom stereocenters. The van der Waals surface area contributed by atoms with Gasteiger partial charge >= 0.3 is 0 Å². The minimum atomic E-state index is -3.60. The Morgan fingerprint density at radius 1 is 0.914 bits per heavy atom. The normalized spacial score (nSPS) is 15.4. The quantitative estimate of drug-likeness (QED) is 0.448. The van der Waals surface area contributed by atoms with Crippen LogP contribution in [0.5, 0.6) is 0 Å². The number of carbonyl (C=O) groups is 1. The van der Waals surface area contributed by atoms with Crippen molar-refractivity contribution in [3.05, 3.63) is 72.8 Å². The summed E-state index contributed by atoms with van der Waals surface area (Å²) >= 11 is 0. The number of carbonyl (C=O) groups excluding carboxylic acids is 1. The highest BCUT2D eigenvalue weighted by Crippen LogP contribution is 2.27. The van der Waals surface area contributed by atoms with E-state index in [1.54, 1.807) is 12.1 Å². The van der Waals surface area contributed by atoms with Crippen molar-refractivity contribution in [3.8, 4) is 0 Å². The number of benzene rings is 3. The van der Waals surface area contributed by atoms with E-state index in [2.05, 4.69) is 10.3 Å². The van der Waals surface area contributed by atoms with Gasteiger partial charge in [0.05, 0.1) is 10.4 Å². The molecule has 1 aromatic heterocycles. The van der Waals surface area contributed by atoms with Gasteiger partial charge < -0.3 is 10.2 Å². The summed E-state index contributed by atoms with van der Waals surface area (Å²) in [4.78, 5) is 19.8. The van der Waals surface area contributed by atoms with Gasteiger partial charge in [0.25, 0.3) is 0 Å². The number of anilines is 2. The molecule has 1 fully saturated rings. The Bertz CT molecular complexity index is 1510. The van der Waals surface area contributed by atoms with Gasteiger partial charge in [-0.05, 0) is 66.1 Å². The second-order valence-electron chi connectivity index (χ2n) is 9.15. The molecule has 35 heavy (non-hydrogen) atoms. The van der Waals surface area contributed by atoms with E-state index in [0.29, 0.717) is 36.5 Å². The van der Waals surface area contributed by atoms with Gasteiger partial charge in [0.15, 0.2) is 0 Å². The summed E-state index contributed by atoms with van der Waals surface area (Å²) in [6.07, 6.45) is 0.972. The molecular formula is C27H28N4O3S. The topological polar surface area (TPSA) is 82.6 Å². The maximum Gasteiger partial charge on any atom is 0.243 e. The van der Waals surface area contributed by atoms with Crippen LogP contribution in [0.4, 0.5) is 11.5 Å². The first-order valence-corrected chi connectivity index (χ1v) is 13.1.